The molecule has 4 nitrogen and oxygen atoms in total. The normalized spacial score (nSPS) is 16.1. The number of hydrogen-bond acceptors (Lipinski definition) is 2. The van der Waals surface area contributed by atoms with E-state index in [0.717, 1.165) is 61.3 Å². The summed E-state index contributed by atoms with van der Waals surface area (Å²) in [6.45, 7) is 6.40. The summed E-state index contributed by atoms with van der Waals surface area (Å²) < 4.78 is 0. The van der Waals surface area contributed by atoms with Crippen LogP contribution < -0.4 is 4.90 Å². The second-order valence-electron chi connectivity index (χ2n) is 7.81. The Morgan fingerprint density at radius 2 is 1.56 bits per heavy atom. The van der Waals surface area contributed by atoms with Gasteiger partial charge in [-0.1, -0.05) is 32.0 Å². The van der Waals surface area contributed by atoms with E-state index in [1.807, 2.05) is 47.9 Å². The van der Waals surface area contributed by atoms with Crippen molar-refractivity contribution >= 4 is 17.5 Å². The van der Waals surface area contributed by atoms with Gasteiger partial charge in [0.15, 0.2) is 0 Å². The fourth-order valence-electron chi connectivity index (χ4n) is 4.03. The number of benzene rings is 2. The van der Waals surface area contributed by atoms with Crippen molar-refractivity contribution in [3.05, 3.63) is 53.6 Å². The highest BCUT2D eigenvalue weighted by Gasteiger charge is 2.26. The third kappa shape index (κ3) is 3.36. The van der Waals surface area contributed by atoms with Crippen LogP contribution in [-0.4, -0.2) is 36.3 Å². The van der Waals surface area contributed by atoms with Crippen LogP contribution >= 0.6 is 0 Å². The van der Waals surface area contributed by atoms with Gasteiger partial charge in [0.2, 0.25) is 5.91 Å². The first-order valence-corrected chi connectivity index (χ1v) is 9.88. The zero-order valence-electron chi connectivity index (χ0n) is 16.1. The summed E-state index contributed by atoms with van der Waals surface area (Å²) in [5.74, 6) is 0.332. The number of likely N-dealkylation sites (tertiary alicyclic amines) is 1. The predicted molar refractivity (Wildman–Crippen MR) is 108 cm³/mol. The molecule has 0 spiro atoms. The SMILES string of the molecule is CC(C)C(=O)N1CCc2cc(-c3ccc(C(=O)N4CCCC4)cc3)ccc21. The fraction of sp³-hybridized carbons (Fsp3) is 0.391. The molecule has 2 aromatic rings. The van der Waals surface area contributed by atoms with Gasteiger partial charge in [-0.05, 0) is 60.2 Å². The molecule has 2 amide bonds. The molecule has 0 saturated carbocycles. The lowest BCUT2D eigenvalue weighted by atomic mass is 10.00. The van der Waals surface area contributed by atoms with Gasteiger partial charge in [0.25, 0.3) is 5.91 Å². The van der Waals surface area contributed by atoms with E-state index < -0.39 is 0 Å². The van der Waals surface area contributed by atoms with Crippen molar-refractivity contribution in [3.8, 4) is 11.1 Å². The van der Waals surface area contributed by atoms with Crippen molar-refractivity contribution in [3.63, 3.8) is 0 Å². The molecule has 2 heterocycles. The Kier molecular flexibility index (Phi) is 4.73. The zero-order valence-corrected chi connectivity index (χ0v) is 16.1. The van der Waals surface area contributed by atoms with E-state index in [1.165, 1.54) is 5.56 Å². The van der Waals surface area contributed by atoms with Crippen LogP contribution in [-0.2, 0) is 11.2 Å². The second-order valence-corrected chi connectivity index (χ2v) is 7.81. The van der Waals surface area contributed by atoms with Crippen LogP contribution in [0.25, 0.3) is 11.1 Å². The van der Waals surface area contributed by atoms with E-state index in [2.05, 4.69) is 18.2 Å². The Balaban J connectivity index is 1.54. The maximum Gasteiger partial charge on any atom is 0.253 e. The van der Waals surface area contributed by atoms with Gasteiger partial charge in [-0.25, -0.2) is 0 Å². The molecular formula is C23H26N2O2. The molecule has 0 aromatic heterocycles. The molecule has 4 heteroatoms. The maximum atomic E-state index is 12.5. The Labute approximate surface area is 160 Å². The molecule has 1 saturated heterocycles. The quantitative estimate of drug-likeness (QED) is 0.823. The average molecular weight is 362 g/mol. The van der Waals surface area contributed by atoms with Gasteiger partial charge in [0.05, 0.1) is 0 Å². The zero-order chi connectivity index (χ0) is 19.0. The highest BCUT2D eigenvalue weighted by atomic mass is 16.2. The number of carbonyl (C=O) groups excluding carboxylic acids is 2. The lowest BCUT2D eigenvalue weighted by Gasteiger charge is -2.19. The predicted octanol–water partition coefficient (Wildman–Crippen LogP) is 4.13. The molecule has 0 N–H and O–H groups in total. The van der Waals surface area contributed by atoms with Crippen molar-refractivity contribution in [1.29, 1.82) is 0 Å². The number of hydrogen-bond donors (Lipinski definition) is 0. The topological polar surface area (TPSA) is 40.6 Å². The van der Waals surface area contributed by atoms with E-state index in [0.29, 0.717) is 0 Å². The summed E-state index contributed by atoms with van der Waals surface area (Å²) in [7, 11) is 0. The van der Waals surface area contributed by atoms with Crippen molar-refractivity contribution in [2.24, 2.45) is 5.92 Å². The standard InChI is InChI=1S/C23H26N2O2/c1-16(2)22(26)25-14-11-20-15-19(9-10-21(20)25)17-5-7-18(8-6-17)23(27)24-12-3-4-13-24/h5-10,15-16H,3-4,11-14H2,1-2H3. The largest absolute Gasteiger partial charge is 0.339 e. The van der Waals surface area contributed by atoms with Crippen LogP contribution in [0.2, 0.25) is 0 Å². The lowest BCUT2D eigenvalue weighted by molar-refractivity contribution is -0.121. The number of nitrogens with zero attached hydrogens (tertiary/aromatic N) is 2. The molecule has 4 rings (SSSR count). The molecule has 140 valence electrons. The average Bonchev–Trinajstić information content (AvgIpc) is 3.36. The highest BCUT2D eigenvalue weighted by molar-refractivity contribution is 5.97. The molecule has 0 bridgehead atoms. The molecule has 0 aliphatic carbocycles. The molecule has 0 radical (unpaired) electrons. The van der Waals surface area contributed by atoms with Crippen molar-refractivity contribution < 1.29 is 9.59 Å². The number of carbonyl (C=O) groups is 2. The first kappa shape index (κ1) is 17.8. The third-order valence-electron chi connectivity index (χ3n) is 5.59. The van der Waals surface area contributed by atoms with Crippen molar-refractivity contribution in [1.82, 2.24) is 4.90 Å². The van der Waals surface area contributed by atoms with Crippen LogP contribution in [0.5, 0.6) is 0 Å². The summed E-state index contributed by atoms with van der Waals surface area (Å²) in [6.07, 6.45) is 3.11. The van der Waals surface area contributed by atoms with Crippen LogP contribution in [0.4, 0.5) is 5.69 Å². The Morgan fingerprint density at radius 1 is 0.889 bits per heavy atom. The second kappa shape index (κ2) is 7.18. The smallest absolute Gasteiger partial charge is 0.253 e. The van der Waals surface area contributed by atoms with Crippen LogP contribution in [0.3, 0.4) is 0 Å². The lowest BCUT2D eigenvalue weighted by Crippen LogP contribution is -2.32. The molecule has 0 atom stereocenters. The number of anilines is 1. The van der Waals surface area contributed by atoms with Gasteiger partial charge >= 0.3 is 0 Å². The molecule has 0 unspecified atom stereocenters. The first-order valence-electron chi connectivity index (χ1n) is 9.88. The van der Waals surface area contributed by atoms with Gasteiger partial charge in [-0.15, -0.1) is 0 Å². The summed E-state index contributed by atoms with van der Waals surface area (Å²) in [4.78, 5) is 28.7. The van der Waals surface area contributed by atoms with Crippen molar-refractivity contribution in [2.45, 2.75) is 33.1 Å². The van der Waals surface area contributed by atoms with Gasteiger partial charge in [-0.2, -0.15) is 0 Å². The Hall–Kier alpha value is -2.62. The van der Waals surface area contributed by atoms with Crippen LogP contribution in [0.15, 0.2) is 42.5 Å². The summed E-state index contributed by atoms with van der Waals surface area (Å²) >= 11 is 0. The Bertz CT molecular complexity index is 864. The molecule has 2 aromatic carbocycles. The van der Waals surface area contributed by atoms with Crippen LogP contribution in [0, 0.1) is 5.92 Å². The monoisotopic (exact) mass is 362 g/mol. The summed E-state index contributed by atoms with van der Waals surface area (Å²) in [5, 5.41) is 0. The van der Waals surface area contributed by atoms with Gasteiger partial charge in [0.1, 0.15) is 0 Å². The highest BCUT2D eigenvalue weighted by Crippen LogP contribution is 2.33. The van der Waals surface area contributed by atoms with E-state index in [4.69, 9.17) is 0 Å². The number of rotatable bonds is 3. The molecular weight excluding hydrogens is 336 g/mol. The molecule has 1 fully saturated rings. The van der Waals surface area contributed by atoms with Gasteiger partial charge in [0, 0.05) is 36.8 Å². The minimum atomic E-state index is 0.0105. The summed E-state index contributed by atoms with van der Waals surface area (Å²) in [5.41, 5.74) is 5.25. The number of fused-ring (bicyclic) bond motifs is 1. The first-order chi connectivity index (χ1) is 13.0. The Morgan fingerprint density at radius 3 is 2.22 bits per heavy atom. The minimum Gasteiger partial charge on any atom is -0.339 e. The maximum absolute atomic E-state index is 12.5. The van der Waals surface area contributed by atoms with Crippen molar-refractivity contribution in [2.75, 3.05) is 24.5 Å². The molecule has 27 heavy (non-hydrogen) atoms. The van der Waals surface area contributed by atoms with E-state index in [-0.39, 0.29) is 17.7 Å². The van der Waals surface area contributed by atoms with E-state index in [1.54, 1.807) is 0 Å². The number of amides is 2. The minimum absolute atomic E-state index is 0.0105. The molecule has 2 aliphatic heterocycles. The third-order valence-corrected chi connectivity index (χ3v) is 5.59. The van der Waals surface area contributed by atoms with E-state index in [9.17, 15) is 9.59 Å². The van der Waals surface area contributed by atoms with Gasteiger partial charge in [-0.3, -0.25) is 9.59 Å². The van der Waals surface area contributed by atoms with E-state index >= 15 is 0 Å². The van der Waals surface area contributed by atoms with Crippen LogP contribution in [0.1, 0.15) is 42.6 Å². The molecule has 2 aliphatic rings. The fourth-order valence-corrected chi connectivity index (χ4v) is 4.03. The summed E-state index contributed by atoms with van der Waals surface area (Å²) in [6, 6.07) is 14.2. The van der Waals surface area contributed by atoms with Gasteiger partial charge < -0.3 is 9.80 Å².